The highest BCUT2D eigenvalue weighted by atomic mass is 16.5. The Morgan fingerprint density at radius 3 is 2.76 bits per heavy atom. The molecule has 5 nitrogen and oxygen atoms in total. The highest BCUT2D eigenvalue weighted by Crippen LogP contribution is 2.28. The summed E-state index contributed by atoms with van der Waals surface area (Å²) in [6.07, 6.45) is 2.10. The van der Waals surface area contributed by atoms with Gasteiger partial charge in [0, 0.05) is 31.0 Å². The molecule has 1 amide bonds. The third kappa shape index (κ3) is 3.64. The fraction of sp³-hybridized carbons (Fsp3) is 0.750. The molecule has 3 unspecified atom stereocenters. The standard InChI is InChI=1S/C16H26N2O3/c1-10(16-11(2)17-21-13(16)4)8-15(20)18-7-5-6-14(9-18)12(3)19/h10,12,14,19H,5-9H2,1-4H3. The Labute approximate surface area is 126 Å². The summed E-state index contributed by atoms with van der Waals surface area (Å²) >= 11 is 0. The molecule has 1 aliphatic heterocycles. The molecule has 0 aliphatic carbocycles. The van der Waals surface area contributed by atoms with Crippen LogP contribution in [0.25, 0.3) is 0 Å². The summed E-state index contributed by atoms with van der Waals surface area (Å²) in [6.45, 7) is 9.13. The molecule has 0 radical (unpaired) electrons. The second-order valence-corrected chi connectivity index (χ2v) is 6.33. The van der Waals surface area contributed by atoms with E-state index in [1.807, 2.05) is 32.6 Å². The topological polar surface area (TPSA) is 66.6 Å². The van der Waals surface area contributed by atoms with Gasteiger partial charge in [-0.25, -0.2) is 0 Å². The smallest absolute Gasteiger partial charge is 0.223 e. The fourth-order valence-electron chi connectivity index (χ4n) is 3.32. The lowest BCUT2D eigenvalue weighted by molar-refractivity contribution is -0.134. The van der Waals surface area contributed by atoms with E-state index in [-0.39, 0.29) is 23.8 Å². The molecular formula is C16H26N2O3. The molecule has 0 aromatic carbocycles. The minimum absolute atomic E-state index is 0.107. The van der Waals surface area contributed by atoms with Gasteiger partial charge in [-0.1, -0.05) is 12.1 Å². The van der Waals surface area contributed by atoms with Gasteiger partial charge in [-0.2, -0.15) is 0 Å². The molecular weight excluding hydrogens is 268 g/mol. The third-order valence-corrected chi connectivity index (χ3v) is 4.55. The van der Waals surface area contributed by atoms with Gasteiger partial charge < -0.3 is 14.5 Å². The molecule has 1 aromatic heterocycles. The van der Waals surface area contributed by atoms with Gasteiger partial charge in [0.2, 0.25) is 5.91 Å². The maximum atomic E-state index is 12.5. The zero-order chi connectivity index (χ0) is 15.6. The van der Waals surface area contributed by atoms with Crippen LogP contribution in [0.5, 0.6) is 0 Å². The molecule has 5 heteroatoms. The molecule has 118 valence electrons. The lowest BCUT2D eigenvalue weighted by atomic mass is 9.91. The van der Waals surface area contributed by atoms with E-state index in [1.165, 1.54) is 0 Å². The normalized spacial score (nSPS) is 22.1. The number of aliphatic hydroxyl groups is 1. The first-order valence-corrected chi connectivity index (χ1v) is 7.78. The lowest BCUT2D eigenvalue weighted by Gasteiger charge is -2.34. The van der Waals surface area contributed by atoms with Crippen molar-refractivity contribution in [3.05, 3.63) is 17.0 Å². The number of likely N-dealkylation sites (tertiary alicyclic amines) is 1. The monoisotopic (exact) mass is 294 g/mol. The highest BCUT2D eigenvalue weighted by molar-refractivity contribution is 5.77. The van der Waals surface area contributed by atoms with Gasteiger partial charge in [-0.3, -0.25) is 4.79 Å². The zero-order valence-corrected chi connectivity index (χ0v) is 13.4. The van der Waals surface area contributed by atoms with E-state index in [2.05, 4.69) is 5.16 Å². The van der Waals surface area contributed by atoms with E-state index in [0.29, 0.717) is 13.0 Å². The zero-order valence-electron chi connectivity index (χ0n) is 13.4. The van der Waals surface area contributed by atoms with Crippen LogP contribution in [0.2, 0.25) is 0 Å². The van der Waals surface area contributed by atoms with Crippen LogP contribution in [0, 0.1) is 19.8 Å². The van der Waals surface area contributed by atoms with E-state index >= 15 is 0 Å². The number of nitrogens with zero attached hydrogens (tertiary/aromatic N) is 2. The number of carbonyl (C=O) groups is 1. The van der Waals surface area contributed by atoms with Crippen LogP contribution in [-0.4, -0.2) is 40.3 Å². The first kappa shape index (κ1) is 16.0. The molecule has 2 rings (SSSR count). The Balaban J connectivity index is 1.98. The van der Waals surface area contributed by atoms with Gasteiger partial charge in [0.15, 0.2) is 0 Å². The van der Waals surface area contributed by atoms with Crippen LogP contribution >= 0.6 is 0 Å². The number of aliphatic hydroxyl groups excluding tert-OH is 1. The van der Waals surface area contributed by atoms with Gasteiger partial charge >= 0.3 is 0 Å². The van der Waals surface area contributed by atoms with Crippen molar-refractivity contribution in [1.82, 2.24) is 10.1 Å². The summed E-state index contributed by atoms with van der Waals surface area (Å²) in [7, 11) is 0. The largest absolute Gasteiger partial charge is 0.393 e. The van der Waals surface area contributed by atoms with Crippen LogP contribution < -0.4 is 0 Å². The maximum absolute atomic E-state index is 12.5. The summed E-state index contributed by atoms with van der Waals surface area (Å²) in [5.74, 6) is 1.27. The molecule has 1 aliphatic rings. The van der Waals surface area contributed by atoms with Crippen LogP contribution in [0.1, 0.15) is 56.0 Å². The summed E-state index contributed by atoms with van der Waals surface area (Å²) in [5, 5.41) is 13.7. The van der Waals surface area contributed by atoms with E-state index in [9.17, 15) is 9.90 Å². The summed E-state index contributed by atoms with van der Waals surface area (Å²) < 4.78 is 5.18. The van der Waals surface area contributed by atoms with E-state index in [0.717, 1.165) is 36.4 Å². The van der Waals surface area contributed by atoms with E-state index in [4.69, 9.17) is 4.52 Å². The third-order valence-electron chi connectivity index (χ3n) is 4.55. The van der Waals surface area contributed by atoms with Crippen molar-refractivity contribution >= 4 is 5.91 Å². The van der Waals surface area contributed by atoms with Gasteiger partial charge in [-0.05, 0) is 39.5 Å². The first-order chi connectivity index (χ1) is 9.90. The molecule has 0 saturated carbocycles. The summed E-state index contributed by atoms with van der Waals surface area (Å²) in [4.78, 5) is 14.4. The van der Waals surface area contributed by atoms with Crippen LogP contribution in [0.3, 0.4) is 0 Å². The minimum atomic E-state index is -0.347. The Morgan fingerprint density at radius 2 is 2.19 bits per heavy atom. The fourth-order valence-corrected chi connectivity index (χ4v) is 3.32. The first-order valence-electron chi connectivity index (χ1n) is 7.78. The van der Waals surface area contributed by atoms with Crippen molar-refractivity contribution < 1.29 is 14.4 Å². The van der Waals surface area contributed by atoms with Crippen molar-refractivity contribution in [2.45, 2.75) is 59.0 Å². The quantitative estimate of drug-likeness (QED) is 0.926. The van der Waals surface area contributed by atoms with E-state index < -0.39 is 0 Å². The van der Waals surface area contributed by atoms with Crippen LogP contribution in [0.15, 0.2) is 4.52 Å². The Hall–Kier alpha value is -1.36. The molecule has 0 spiro atoms. The Morgan fingerprint density at radius 1 is 1.48 bits per heavy atom. The Bertz CT molecular complexity index is 476. The number of carbonyl (C=O) groups excluding carboxylic acids is 1. The van der Waals surface area contributed by atoms with Gasteiger partial charge in [0.25, 0.3) is 0 Å². The number of aromatic nitrogens is 1. The minimum Gasteiger partial charge on any atom is -0.393 e. The predicted molar refractivity (Wildman–Crippen MR) is 80.0 cm³/mol. The average Bonchev–Trinajstić information content (AvgIpc) is 2.78. The van der Waals surface area contributed by atoms with Crippen LogP contribution in [0.4, 0.5) is 0 Å². The van der Waals surface area contributed by atoms with Gasteiger partial charge in [0.1, 0.15) is 5.76 Å². The number of piperidine rings is 1. The van der Waals surface area contributed by atoms with Crippen molar-refractivity contribution in [2.24, 2.45) is 5.92 Å². The second kappa shape index (κ2) is 6.60. The van der Waals surface area contributed by atoms with Crippen LogP contribution in [-0.2, 0) is 4.79 Å². The van der Waals surface area contributed by atoms with Crippen molar-refractivity contribution in [3.63, 3.8) is 0 Å². The summed E-state index contributed by atoms with van der Waals surface area (Å²) in [5.41, 5.74) is 1.92. The molecule has 1 N–H and O–H groups in total. The lowest BCUT2D eigenvalue weighted by Crippen LogP contribution is -2.43. The van der Waals surface area contributed by atoms with Crippen molar-refractivity contribution in [2.75, 3.05) is 13.1 Å². The van der Waals surface area contributed by atoms with Crippen molar-refractivity contribution in [1.29, 1.82) is 0 Å². The molecule has 3 atom stereocenters. The highest BCUT2D eigenvalue weighted by Gasteiger charge is 2.28. The number of hydrogen-bond donors (Lipinski definition) is 1. The van der Waals surface area contributed by atoms with Crippen molar-refractivity contribution in [3.8, 4) is 0 Å². The number of aryl methyl sites for hydroxylation is 2. The Kier molecular flexibility index (Phi) is 5.04. The molecule has 0 bridgehead atoms. The SMILES string of the molecule is Cc1noc(C)c1C(C)CC(=O)N1CCCC(C(C)O)C1. The van der Waals surface area contributed by atoms with Gasteiger partial charge in [0.05, 0.1) is 11.8 Å². The summed E-state index contributed by atoms with van der Waals surface area (Å²) in [6, 6.07) is 0. The second-order valence-electron chi connectivity index (χ2n) is 6.33. The maximum Gasteiger partial charge on any atom is 0.223 e. The molecule has 2 heterocycles. The number of rotatable bonds is 4. The molecule has 1 aromatic rings. The van der Waals surface area contributed by atoms with E-state index in [1.54, 1.807) is 0 Å². The van der Waals surface area contributed by atoms with Gasteiger partial charge in [-0.15, -0.1) is 0 Å². The molecule has 1 saturated heterocycles. The predicted octanol–water partition coefficient (Wildman–Crippen LogP) is 2.40. The number of amides is 1. The average molecular weight is 294 g/mol. The molecule has 21 heavy (non-hydrogen) atoms. The molecule has 1 fully saturated rings. The number of hydrogen-bond acceptors (Lipinski definition) is 4.